The zero-order valence-corrected chi connectivity index (χ0v) is 15.0. The topological polar surface area (TPSA) is 102 Å². The average Bonchev–Trinajstić information content (AvgIpc) is 3.29. The molecule has 1 unspecified atom stereocenters. The number of rotatable bonds is 5. The first-order valence-electron chi connectivity index (χ1n) is 8.84. The van der Waals surface area contributed by atoms with Gasteiger partial charge >= 0.3 is 0 Å². The minimum atomic E-state index is -0.324. The summed E-state index contributed by atoms with van der Waals surface area (Å²) in [6, 6.07) is 11.5. The van der Waals surface area contributed by atoms with Crippen molar-refractivity contribution in [3.05, 3.63) is 59.9 Å². The Balaban J connectivity index is 1.46. The first kappa shape index (κ1) is 17.0. The Hall–Kier alpha value is -3.42. The van der Waals surface area contributed by atoms with Crippen molar-refractivity contribution in [3.63, 3.8) is 0 Å². The predicted octanol–water partition coefficient (Wildman–Crippen LogP) is 1.77. The SMILES string of the molecule is Cc1ccc(CN2CCC(Nc3cc(-n4cccn4)nc(N)n3)C2=O)cc1. The van der Waals surface area contributed by atoms with Crippen LogP contribution in [0.3, 0.4) is 0 Å². The fourth-order valence-corrected chi connectivity index (χ4v) is 3.17. The van der Waals surface area contributed by atoms with E-state index in [-0.39, 0.29) is 17.9 Å². The van der Waals surface area contributed by atoms with E-state index in [4.69, 9.17) is 5.73 Å². The molecular formula is C19H21N7O. The molecule has 138 valence electrons. The molecule has 1 aromatic carbocycles. The van der Waals surface area contributed by atoms with Crippen molar-refractivity contribution in [1.82, 2.24) is 24.6 Å². The van der Waals surface area contributed by atoms with Crippen LogP contribution in [0, 0.1) is 6.92 Å². The summed E-state index contributed by atoms with van der Waals surface area (Å²) in [5, 5.41) is 7.34. The molecule has 0 spiro atoms. The fraction of sp³-hybridized carbons (Fsp3) is 0.263. The second-order valence-electron chi connectivity index (χ2n) is 6.65. The first-order valence-corrected chi connectivity index (χ1v) is 8.84. The highest BCUT2D eigenvalue weighted by Crippen LogP contribution is 2.20. The molecule has 8 heteroatoms. The summed E-state index contributed by atoms with van der Waals surface area (Å²) < 4.78 is 1.60. The predicted molar refractivity (Wildman–Crippen MR) is 102 cm³/mol. The number of nitrogens with one attached hydrogen (secondary N) is 1. The molecule has 1 aliphatic rings. The van der Waals surface area contributed by atoms with Gasteiger partial charge in [0.1, 0.15) is 11.9 Å². The number of benzene rings is 1. The molecule has 1 fully saturated rings. The van der Waals surface area contributed by atoms with E-state index in [1.165, 1.54) is 5.56 Å². The zero-order chi connectivity index (χ0) is 18.8. The molecule has 2 aromatic heterocycles. The summed E-state index contributed by atoms with van der Waals surface area (Å²) in [6.45, 7) is 3.37. The molecule has 3 N–H and O–H groups in total. The Morgan fingerprint density at radius 2 is 2.07 bits per heavy atom. The lowest BCUT2D eigenvalue weighted by molar-refractivity contribution is -0.128. The Kier molecular flexibility index (Phi) is 4.45. The molecule has 4 rings (SSSR count). The van der Waals surface area contributed by atoms with Crippen LogP contribution in [0.5, 0.6) is 0 Å². The third-order valence-corrected chi connectivity index (χ3v) is 4.58. The van der Waals surface area contributed by atoms with Gasteiger partial charge in [0, 0.05) is 31.5 Å². The van der Waals surface area contributed by atoms with Gasteiger partial charge in [-0.15, -0.1) is 0 Å². The largest absolute Gasteiger partial charge is 0.368 e. The van der Waals surface area contributed by atoms with Crippen molar-refractivity contribution < 1.29 is 4.79 Å². The summed E-state index contributed by atoms with van der Waals surface area (Å²) in [6.07, 6.45) is 4.15. The van der Waals surface area contributed by atoms with Crippen LogP contribution < -0.4 is 11.1 Å². The van der Waals surface area contributed by atoms with Crippen molar-refractivity contribution in [3.8, 4) is 5.82 Å². The van der Waals surface area contributed by atoms with E-state index >= 15 is 0 Å². The molecule has 3 heterocycles. The zero-order valence-electron chi connectivity index (χ0n) is 15.0. The molecule has 1 atom stereocenters. The second-order valence-corrected chi connectivity index (χ2v) is 6.65. The highest BCUT2D eigenvalue weighted by molar-refractivity contribution is 5.86. The Labute approximate surface area is 157 Å². The molecule has 1 aliphatic heterocycles. The van der Waals surface area contributed by atoms with E-state index in [1.54, 1.807) is 29.2 Å². The van der Waals surface area contributed by atoms with Gasteiger partial charge in [-0.25, -0.2) is 4.68 Å². The van der Waals surface area contributed by atoms with Gasteiger partial charge in [-0.3, -0.25) is 4.79 Å². The fourth-order valence-electron chi connectivity index (χ4n) is 3.17. The van der Waals surface area contributed by atoms with Crippen molar-refractivity contribution in [1.29, 1.82) is 0 Å². The van der Waals surface area contributed by atoms with Crippen LogP contribution in [0.15, 0.2) is 48.8 Å². The van der Waals surface area contributed by atoms with Gasteiger partial charge < -0.3 is 16.0 Å². The summed E-state index contributed by atoms with van der Waals surface area (Å²) in [5.41, 5.74) is 8.15. The van der Waals surface area contributed by atoms with Crippen molar-refractivity contribution >= 4 is 17.7 Å². The Bertz CT molecular complexity index is 937. The average molecular weight is 363 g/mol. The molecule has 0 saturated carbocycles. The molecule has 1 saturated heterocycles. The van der Waals surface area contributed by atoms with Gasteiger partial charge in [0.2, 0.25) is 11.9 Å². The van der Waals surface area contributed by atoms with Crippen LogP contribution in [-0.2, 0) is 11.3 Å². The number of carbonyl (C=O) groups excluding carboxylic acids is 1. The van der Waals surface area contributed by atoms with Crippen molar-refractivity contribution in [2.45, 2.75) is 25.9 Å². The lowest BCUT2D eigenvalue weighted by atomic mass is 10.1. The Morgan fingerprint density at radius 3 is 2.81 bits per heavy atom. The number of aryl methyl sites for hydroxylation is 1. The summed E-state index contributed by atoms with van der Waals surface area (Å²) in [5.74, 6) is 1.27. The van der Waals surface area contributed by atoms with Crippen LogP contribution in [0.25, 0.3) is 5.82 Å². The van der Waals surface area contributed by atoms with Gasteiger partial charge in [0.15, 0.2) is 5.82 Å². The smallest absolute Gasteiger partial charge is 0.245 e. The molecule has 0 bridgehead atoms. The van der Waals surface area contributed by atoms with Crippen LogP contribution in [0.2, 0.25) is 0 Å². The molecule has 27 heavy (non-hydrogen) atoms. The maximum atomic E-state index is 12.8. The highest BCUT2D eigenvalue weighted by Gasteiger charge is 2.31. The number of likely N-dealkylation sites (tertiary alicyclic amines) is 1. The van der Waals surface area contributed by atoms with Crippen LogP contribution in [0.1, 0.15) is 17.5 Å². The summed E-state index contributed by atoms with van der Waals surface area (Å²) in [4.78, 5) is 23.0. The van der Waals surface area contributed by atoms with E-state index in [0.717, 1.165) is 5.56 Å². The van der Waals surface area contributed by atoms with E-state index in [0.29, 0.717) is 31.1 Å². The van der Waals surface area contributed by atoms with Gasteiger partial charge in [0.05, 0.1) is 0 Å². The lowest BCUT2D eigenvalue weighted by Gasteiger charge is -2.18. The molecule has 3 aromatic rings. The Morgan fingerprint density at radius 1 is 1.26 bits per heavy atom. The number of anilines is 2. The number of hydrogen-bond acceptors (Lipinski definition) is 6. The minimum Gasteiger partial charge on any atom is -0.368 e. The highest BCUT2D eigenvalue weighted by atomic mass is 16.2. The van der Waals surface area contributed by atoms with E-state index in [2.05, 4.69) is 51.6 Å². The number of nitrogens with zero attached hydrogens (tertiary/aromatic N) is 5. The quantitative estimate of drug-likeness (QED) is 0.716. The maximum absolute atomic E-state index is 12.8. The number of amides is 1. The molecule has 8 nitrogen and oxygen atoms in total. The third-order valence-electron chi connectivity index (χ3n) is 4.58. The van der Waals surface area contributed by atoms with E-state index < -0.39 is 0 Å². The standard InChI is InChI=1S/C19H21N7O/c1-13-3-5-14(6-4-13)12-25-10-7-15(18(25)27)22-16-11-17(24-19(20)23-16)26-9-2-8-21-26/h2-6,8-9,11,15H,7,10,12H2,1H3,(H3,20,22,23,24). The monoisotopic (exact) mass is 363 g/mol. The minimum absolute atomic E-state index is 0.0633. The van der Waals surface area contributed by atoms with Gasteiger partial charge in [-0.2, -0.15) is 15.1 Å². The van der Waals surface area contributed by atoms with Crippen LogP contribution >= 0.6 is 0 Å². The lowest BCUT2D eigenvalue weighted by Crippen LogP contribution is -2.33. The molecule has 1 amide bonds. The molecule has 0 aliphatic carbocycles. The van der Waals surface area contributed by atoms with Gasteiger partial charge in [-0.1, -0.05) is 29.8 Å². The number of carbonyl (C=O) groups is 1. The summed E-state index contributed by atoms with van der Waals surface area (Å²) in [7, 11) is 0. The number of aromatic nitrogens is 4. The normalized spacial score (nSPS) is 16.7. The number of hydrogen-bond donors (Lipinski definition) is 2. The summed E-state index contributed by atoms with van der Waals surface area (Å²) >= 11 is 0. The van der Waals surface area contributed by atoms with E-state index in [1.807, 2.05) is 4.90 Å². The second kappa shape index (κ2) is 7.06. The number of nitrogens with two attached hydrogens (primary N) is 1. The van der Waals surface area contributed by atoms with Gasteiger partial charge in [-0.05, 0) is 25.0 Å². The van der Waals surface area contributed by atoms with Crippen LogP contribution in [0.4, 0.5) is 11.8 Å². The molecular weight excluding hydrogens is 342 g/mol. The number of nitrogen functional groups attached to an aromatic ring is 1. The van der Waals surface area contributed by atoms with Crippen LogP contribution in [-0.4, -0.2) is 43.1 Å². The molecule has 0 radical (unpaired) electrons. The van der Waals surface area contributed by atoms with E-state index in [9.17, 15) is 4.79 Å². The van der Waals surface area contributed by atoms with Crippen molar-refractivity contribution in [2.75, 3.05) is 17.6 Å². The van der Waals surface area contributed by atoms with Gasteiger partial charge in [0.25, 0.3) is 0 Å². The third kappa shape index (κ3) is 3.74. The maximum Gasteiger partial charge on any atom is 0.245 e. The van der Waals surface area contributed by atoms with Crippen molar-refractivity contribution in [2.24, 2.45) is 0 Å². The first-order chi connectivity index (χ1) is 13.1.